The first-order chi connectivity index (χ1) is 14.8. The van der Waals surface area contributed by atoms with Crippen molar-refractivity contribution in [3.8, 4) is 6.07 Å². The van der Waals surface area contributed by atoms with Crippen LogP contribution in [0.5, 0.6) is 0 Å². The minimum atomic E-state index is -3.81. The summed E-state index contributed by atoms with van der Waals surface area (Å²) in [6.07, 6.45) is 2.58. The number of carbonyl (C=O) groups is 2. The molecule has 0 amide bonds. The number of nitrogens with zero attached hydrogens (tertiary/aromatic N) is 2. The van der Waals surface area contributed by atoms with Gasteiger partial charge in [-0.25, -0.2) is 13.2 Å². The standard InChI is InChI=1S/C23H29N3O5S/c1-15(25)19(11-24)20(27)12-31-21(28)16-6-5-7-18(8-16)32(29,30)26-14-23(4)10-17(26)9-22(2,3)13-23/h5-8,17H,9-10,12-14,25H2,1-4H3. The monoisotopic (exact) mass is 459 g/mol. The molecular weight excluding hydrogens is 430 g/mol. The molecule has 1 aliphatic carbocycles. The van der Waals surface area contributed by atoms with E-state index in [4.69, 9.17) is 15.7 Å². The number of hydrogen-bond donors (Lipinski definition) is 1. The van der Waals surface area contributed by atoms with E-state index in [-0.39, 0.29) is 38.6 Å². The molecule has 9 heteroatoms. The summed E-state index contributed by atoms with van der Waals surface area (Å²) in [5.74, 6) is -1.57. The Morgan fingerprint density at radius 2 is 1.97 bits per heavy atom. The fraction of sp³-hybridized carbons (Fsp3) is 0.522. The number of esters is 1. The summed E-state index contributed by atoms with van der Waals surface area (Å²) in [7, 11) is -3.81. The quantitative estimate of drug-likeness (QED) is 0.393. The predicted molar refractivity (Wildman–Crippen MR) is 118 cm³/mol. The molecule has 3 rings (SSSR count). The van der Waals surface area contributed by atoms with Crippen LogP contribution in [0.25, 0.3) is 0 Å². The summed E-state index contributed by atoms with van der Waals surface area (Å²) >= 11 is 0. The van der Waals surface area contributed by atoms with Gasteiger partial charge in [-0.2, -0.15) is 9.57 Å². The van der Waals surface area contributed by atoms with E-state index in [1.165, 1.54) is 31.2 Å². The van der Waals surface area contributed by atoms with Gasteiger partial charge in [0.2, 0.25) is 15.8 Å². The topological polar surface area (TPSA) is 131 Å². The first-order valence-corrected chi connectivity index (χ1v) is 11.9. The number of benzene rings is 1. The van der Waals surface area contributed by atoms with E-state index in [9.17, 15) is 18.0 Å². The van der Waals surface area contributed by atoms with Gasteiger partial charge >= 0.3 is 5.97 Å². The lowest BCUT2D eigenvalue weighted by Crippen LogP contribution is -2.37. The zero-order valence-corrected chi connectivity index (χ0v) is 19.7. The first kappa shape index (κ1) is 24.0. The normalized spacial score (nSPS) is 25.5. The molecule has 8 nitrogen and oxygen atoms in total. The van der Waals surface area contributed by atoms with Crippen LogP contribution in [-0.2, 0) is 19.6 Å². The van der Waals surface area contributed by atoms with Gasteiger partial charge in [0.15, 0.2) is 6.61 Å². The molecule has 0 radical (unpaired) electrons. The smallest absolute Gasteiger partial charge is 0.338 e. The molecule has 2 fully saturated rings. The Bertz CT molecular complexity index is 1130. The van der Waals surface area contributed by atoms with Gasteiger partial charge in [-0.1, -0.05) is 26.8 Å². The van der Waals surface area contributed by atoms with Gasteiger partial charge in [-0.05, 0) is 55.2 Å². The zero-order valence-electron chi connectivity index (χ0n) is 18.8. The number of sulfonamides is 1. The van der Waals surface area contributed by atoms with E-state index in [2.05, 4.69) is 20.8 Å². The van der Waals surface area contributed by atoms with E-state index >= 15 is 0 Å². The first-order valence-electron chi connectivity index (χ1n) is 10.5. The molecule has 32 heavy (non-hydrogen) atoms. The van der Waals surface area contributed by atoms with Crippen molar-refractivity contribution in [2.45, 2.75) is 57.9 Å². The van der Waals surface area contributed by atoms with Crippen molar-refractivity contribution in [3.05, 3.63) is 41.1 Å². The largest absolute Gasteiger partial charge is 0.454 e. The summed E-state index contributed by atoms with van der Waals surface area (Å²) in [5, 5.41) is 8.97. The molecule has 2 N–H and O–H groups in total. The molecule has 2 unspecified atom stereocenters. The van der Waals surface area contributed by atoms with Crippen LogP contribution in [0, 0.1) is 22.2 Å². The zero-order chi connectivity index (χ0) is 23.9. The van der Waals surface area contributed by atoms with Crippen molar-refractivity contribution in [2.24, 2.45) is 16.6 Å². The number of ether oxygens (including phenoxy) is 1. The lowest BCUT2D eigenvalue weighted by Gasteiger charge is -2.39. The minimum Gasteiger partial charge on any atom is -0.454 e. The maximum atomic E-state index is 13.4. The van der Waals surface area contributed by atoms with Gasteiger partial charge in [0.1, 0.15) is 11.6 Å². The van der Waals surface area contributed by atoms with Crippen LogP contribution in [0.1, 0.15) is 57.3 Å². The van der Waals surface area contributed by atoms with E-state index in [1.54, 1.807) is 10.4 Å². The van der Waals surface area contributed by atoms with Crippen molar-refractivity contribution in [3.63, 3.8) is 0 Å². The Morgan fingerprint density at radius 3 is 2.59 bits per heavy atom. The summed E-state index contributed by atoms with van der Waals surface area (Å²) < 4.78 is 33.4. The van der Waals surface area contributed by atoms with Crippen LogP contribution in [0.4, 0.5) is 0 Å². The molecule has 1 saturated heterocycles. The number of rotatable bonds is 6. The number of allylic oxidation sites excluding steroid dienone is 1. The van der Waals surface area contributed by atoms with Crippen LogP contribution < -0.4 is 5.73 Å². The van der Waals surface area contributed by atoms with Gasteiger partial charge in [-0.3, -0.25) is 4.79 Å². The van der Waals surface area contributed by atoms with Crippen LogP contribution in [0.2, 0.25) is 0 Å². The number of nitriles is 1. The average molecular weight is 460 g/mol. The molecule has 2 atom stereocenters. The van der Waals surface area contributed by atoms with Crippen molar-refractivity contribution in [1.82, 2.24) is 4.31 Å². The lowest BCUT2D eigenvalue weighted by molar-refractivity contribution is -0.118. The van der Waals surface area contributed by atoms with Gasteiger partial charge in [0.05, 0.1) is 10.5 Å². The molecular formula is C23H29N3O5S. The molecule has 172 valence electrons. The molecule has 0 spiro atoms. The van der Waals surface area contributed by atoms with Crippen LogP contribution in [-0.4, -0.2) is 43.7 Å². The second-order valence-electron chi connectivity index (χ2n) is 9.96. The minimum absolute atomic E-state index is 0.0135. The Labute approximate surface area is 189 Å². The second kappa shape index (κ2) is 8.34. The second-order valence-corrected chi connectivity index (χ2v) is 11.9. The van der Waals surface area contributed by atoms with E-state index in [1.807, 2.05) is 0 Å². The Morgan fingerprint density at radius 1 is 1.28 bits per heavy atom. The van der Waals surface area contributed by atoms with Crippen molar-refractivity contribution in [2.75, 3.05) is 13.2 Å². The molecule has 1 saturated carbocycles. The van der Waals surface area contributed by atoms with Crippen LogP contribution in [0.3, 0.4) is 0 Å². The Kier molecular flexibility index (Phi) is 6.24. The highest BCUT2D eigenvalue weighted by atomic mass is 32.2. The number of hydrogen-bond acceptors (Lipinski definition) is 7. The lowest BCUT2D eigenvalue weighted by atomic mass is 9.65. The van der Waals surface area contributed by atoms with Crippen LogP contribution >= 0.6 is 0 Å². The third kappa shape index (κ3) is 4.71. The molecule has 0 aromatic heterocycles. The fourth-order valence-corrected chi connectivity index (χ4v) is 7.09. The van der Waals surface area contributed by atoms with Crippen molar-refractivity contribution in [1.29, 1.82) is 5.26 Å². The molecule has 1 heterocycles. The van der Waals surface area contributed by atoms with Gasteiger partial charge in [0, 0.05) is 18.3 Å². The van der Waals surface area contributed by atoms with Gasteiger partial charge < -0.3 is 10.5 Å². The van der Waals surface area contributed by atoms with E-state index < -0.39 is 28.4 Å². The number of nitrogens with two attached hydrogens (primary N) is 1. The summed E-state index contributed by atoms with van der Waals surface area (Å²) in [6.45, 7) is 7.67. The average Bonchev–Trinajstić information content (AvgIpc) is 2.95. The summed E-state index contributed by atoms with van der Waals surface area (Å²) in [5.41, 5.74) is 5.26. The highest BCUT2D eigenvalue weighted by Gasteiger charge is 2.53. The molecule has 2 bridgehead atoms. The molecule has 1 aromatic carbocycles. The highest BCUT2D eigenvalue weighted by molar-refractivity contribution is 7.89. The van der Waals surface area contributed by atoms with Gasteiger partial charge in [0.25, 0.3) is 0 Å². The Balaban J connectivity index is 1.79. The molecule has 1 aliphatic heterocycles. The van der Waals surface area contributed by atoms with Crippen LogP contribution in [0.15, 0.2) is 40.4 Å². The maximum absolute atomic E-state index is 13.4. The summed E-state index contributed by atoms with van der Waals surface area (Å²) in [4.78, 5) is 24.5. The predicted octanol–water partition coefficient (Wildman–Crippen LogP) is 2.76. The number of carbonyl (C=O) groups excluding carboxylic acids is 2. The number of ketones is 1. The van der Waals surface area contributed by atoms with Crippen molar-refractivity contribution < 1.29 is 22.7 Å². The third-order valence-electron chi connectivity index (χ3n) is 6.16. The fourth-order valence-electron chi connectivity index (χ4n) is 5.27. The third-order valence-corrected chi connectivity index (χ3v) is 8.06. The van der Waals surface area contributed by atoms with Crippen molar-refractivity contribution >= 4 is 21.8 Å². The van der Waals surface area contributed by atoms with Gasteiger partial charge in [-0.15, -0.1) is 0 Å². The van der Waals surface area contributed by atoms with E-state index in [0.29, 0.717) is 6.54 Å². The molecule has 2 aliphatic rings. The summed E-state index contributed by atoms with van der Waals surface area (Å²) in [6, 6.07) is 7.24. The highest BCUT2D eigenvalue weighted by Crippen LogP contribution is 2.53. The number of Topliss-reactive ketones (excluding diaryl/α,β-unsaturated/α-hetero) is 1. The SMILES string of the molecule is CC(N)=C(C#N)C(=O)COC(=O)c1cccc(S(=O)(=O)N2CC3(C)CC2CC(C)(C)C3)c1. The molecule has 1 aromatic rings. The Hall–Kier alpha value is -2.70. The van der Waals surface area contributed by atoms with E-state index in [0.717, 1.165) is 19.3 Å². The maximum Gasteiger partial charge on any atom is 0.338 e. The number of fused-ring (bicyclic) bond motifs is 2.